The van der Waals surface area contributed by atoms with E-state index < -0.39 is 0 Å². The first-order valence-electron chi connectivity index (χ1n) is 6.16. The van der Waals surface area contributed by atoms with E-state index in [1.165, 1.54) is 0 Å². The molecule has 0 spiro atoms. The van der Waals surface area contributed by atoms with Crippen molar-refractivity contribution in [3.63, 3.8) is 0 Å². The van der Waals surface area contributed by atoms with Crippen molar-refractivity contribution in [2.45, 2.75) is 13.0 Å². The number of fused-ring (bicyclic) bond motifs is 1. The van der Waals surface area contributed by atoms with Gasteiger partial charge in [-0.25, -0.2) is 9.97 Å². The van der Waals surface area contributed by atoms with Gasteiger partial charge in [-0.1, -0.05) is 11.6 Å². The first kappa shape index (κ1) is 12.0. The fourth-order valence-electron chi connectivity index (χ4n) is 1.95. The highest BCUT2D eigenvalue weighted by Gasteiger charge is 2.02. The summed E-state index contributed by atoms with van der Waals surface area (Å²) in [5, 5.41) is 3.98. The third-order valence-electron chi connectivity index (χ3n) is 2.89. The second kappa shape index (κ2) is 5.32. The van der Waals surface area contributed by atoms with Gasteiger partial charge in [-0.2, -0.15) is 0 Å². The van der Waals surface area contributed by atoms with Crippen molar-refractivity contribution in [1.29, 1.82) is 0 Å². The van der Waals surface area contributed by atoms with Crippen LogP contribution in [0.4, 0.5) is 5.95 Å². The molecule has 0 unspecified atom stereocenters. The molecule has 0 amide bonds. The Bertz CT molecular complexity index is 659. The third-order valence-corrected chi connectivity index (χ3v) is 3.12. The summed E-state index contributed by atoms with van der Waals surface area (Å²) in [4.78, 5) is 11.7. The van der Waals surface area contributed by atoms with Crippen LogP contribution in [0.3, 0.4) is 0 Å². The number of rotatable bonds is 5. The Hall–Kier alpha value is -2.01. The monoisotopic (exact) mass is 275 g/mol. The highest BCUT2D eigenvalue weighted by molar-refractivity contribution is 6.31. The van der Waals surface area contributed by atoms with Crippen molar-refractivity contribution in [3.05, 3.63) is 41.9 Å². The molecule has 3 rings (SSSR count). The van der Waals surface area contributed by atoms with Crippen molar-refractivity contribution in [2.75, 3.05) is 11.9 Å². The van der Waals surface area contributed by atoms with Gasteiger partial charge in [0.25, 0.3) is 0 Å². The van der Waals surface area contributed by atoms with Crippen molar-refractivity contribution in [3.8, 4) is 0 Å². The van der Waals surface area contributed by atoms with E-state index in [0.717, 1.165) is 36.5 Å². The molecule has 0 bridgehead atoms. The van der Waals surface area contributed by atoms with Gasteiger partial charge in [-0.05, 0) is 24.6 Å². The fourth-order valence-corrected chi connectivity index (χ4v) is 2.13. The zero-order chi connectivity index (χ0) is 13.1. The number of aromatic amines is 1. The van der Waals surface area contributed by atoms with Gasteiger partial charge in [0, 0.05) is 30.5 Å². The first-order valence-corrected chi connectivity index (χ1v) is 6.54. The molecular weight excluding hydrogens is 262 g/mol. The van der Waals surface area contributed by atoms with E-state index in [0.29, 0.717) is 5.02 Å². The number of H-pyrrole nitrogens is 1. The molecule has 0 fully saturated rings. The van der Waals surface area contributed by atoms with E-state index in [-0.39, 0.29) is 0 Å². The summed E-state index contributed by atoms with van der Waals surface area (Å²) in [6.45, 7) is 1.80. The van der Waals surface area contributed by atoms with Gasteiger partial charge in [0.2, 0.25) is 5.95 Å². The number of nitrogens with one attached hydrogen (secondary N) is 2. The minimum absolute atomic E-state index is 0.711. The lowest BCUT2D eigenvalue weighted by Gasteiger charge is -2.03. The Morgan fingerprint density at radius 1 is 1.37 bits per heavy atom. The minimum Gasteiger partial charge on any atom is -0.356 e. The number of aryl methyl sites for hydroxylation is 1. The smallest absolute Gasteiger partial charge is 0.201 e. The summed E-state index contributed by atoms with van der Waals surface area (Å²) in [7, 11) is 0. The van der Waals surface area contributed by atoms with Gasteiger partial charge in [-0.3, -0.25) is 0 Å². The molecular formula is C13H14ClN5. The molecule has 3 aromatic rings. The number of anilines is 1. The van der Waals surface area contributed by atoms with E-state index in [1.54, 1.807) is 6.20 Å². The van der Waals surface area contributed by atoms with E-state index in [2.05, 4.69) is 24.8 Å². The van der Waals surface area contributed by atoms with Gasteiger partial charge < -0.3 is 14.9 Å². The molecule has 98 valence electrons. The summed E-state index contributed by atoms with van der Waals surface area (Å²) < 4.78 is 2.06. The molecule has 0 saturated carbocycles. The summed E-state index contributed by atoms with van der Waals surface area (Å²) in [6.07, 6.45) is 6.58. The van der Waals surface area contributed by atoms with Crippen molar-refractivity contribution < 1.29 is 0 Å². The lowest BCUT2D eigenvalue weighted by molar-refractivity contribution is 0.659. The maximum Gasteiger partial charge on any atom is 0.201 e. The SMILES string of the molecule is Clc1ccc2nc(NCCCn3ccnc3)[nH]c2c1. The molecule has 0 aliphatic carbocycles. The third kappa shape index (κ3) is 2.88. The van der Waals surface area contributed by atoms with Crippen molar-refractivity contribution >= 4 is 28.6 Å². The molecule has 2 aromatic heterocycles. The zero-order valence-electron chi connectivity index (χ0n) is 10.3. The summed E-state index contributed by atoms with van der Waals surface area (Å²) in [6, 6.07) is 5.62. The van der Waals surface area contributed by atoms with Gasteiger partial charge in [-0.15, -0.1) is 0 Å². The van der Waals surface area contributed by atoms with Crippen LogP contribution in [0, 0.1) is 0 Å². The van der Waals surface area contributed by atoms with Crippen LogP contribution >= 0.6 is 11.6 Å². The highest BCUT2D eigenvalue weighted by atomic mass is 35.5. The van der Waals surface area contributed by atoms with Gasteiger partial charge in [0.05, 0.1) is 17.4 Å². The Kier molecular flexibility index (Phi) is 3.37. The fraction of sp³-hybridized carbons (Fsp3) is 0.231. The largest absolute Gasteiger partial charge is 0.356 e. The van der Waals surface area contributed by atoms with Gasteiger partial charge in [0.15, 0.2) is 0 Å². The van der Waals surface area contributed by atoms with Crippen LogP contribution in [0.5, 0.6) is 0 Å². The Morgan fingerprint density at radius 3 is 3.16 bits per heavy atom. The Balaban J connectivity index is 1.56. The number of hydrogen-bond donors (Lipinski definition) is 2. The lowest BCUT2D eigenvalue weighted by Crippen LogP contribution is -2.06. The number of benzene rings is 1. The molecule has 1 aromatic carbocycles. The normalized spacial score (nSPS) is 11.0. The minimum atomic E-state index is 0.711. The van der Waals surface area contributed by atoms with Crippen LogP contribution in [-0.2, 0) is 6.54 Å². The molecule has 0 saturated heterocycles. The molecule has 6 heteroatoms. The summed E-state index contributed by atoms with van der Waals surface area (Å²) in [5.41, 5.74) is 1.87. The molecule has 0 radical (unpaired) electrons. The topological polar surface area (TPSA) is 58.5 Å². The lowest BCUT2D eigenvalue weighted by atomic mass is 10.3. The number of hydrogen-bond acceptors (Lipinski definition) is 3. The van der Waals surface area contributed by atoms with E-state index >= 15 is 0 Å². The first-order chi connectivity index (χ1) is 9.31. The quantitative estimate of drug-likeness (QED) is 0.704. The van der Waals surface area contributed by atoms with Crippen molar-refractivity contribution in [1.82, 2.24) is 19.5 Å². The summed E-state index contributed by atoms with van der Waals surface area (Å²) in [5.74, 6) is 0.780. The zero-order valence-corrected chi connectivity index (χ0v) is 11.1. The van der Waals surface area contributed by atoms with E-state index in [9.17, 15) is 0 Å². The van der Waals surface area contributed by atoms with Crippen molar-refractivity contribution in [2.24, 2.45) is 0 Å². The van der Waals surface area contributed by atoms with Crippen LogP contribution < -0.4 is 5.32 Å². The maximum atomic E-state index is 5.93. The predicted molar refractivity (Wildman–Crippen MR) is 76.4 cm³/mol. The number of nitrogens with zero attached hydrogens (tertiary/aromatic N) is 3. The number of aromatic nitrogens is 4. The highest BCUT2D eigenvalue weighted by Crippen LogP contribution is 2.18. The molecule has 2 heterocycles. The number of halogens is 1. The second-order valence-corrected chi connectivity index (χ2v) is 4.76. The Labute approximate surface area is 115 Å². The van der Waals surface area contributed by atoms with E-state index in [4.69, 9.17) is 11.6 Å². The van der Waals surface area contributed by atoms with Crippen LogP contribution in [-0.4, -0.2) is 26.1 Å². The molecule has 19 heavy (non-hydrogen) atoms. The van der Waals surface area contributed by atoms with Crippen LogP contribution in [0.15, 0.2) is 36.9 Å². The molecule has 0 atom stereocenters. The van der Waals surface area contributed by atoms with E-state index in [1.807, 2.05) is 30.7 Å². The standard InChI is InChI=1S/C13H14ClN5/c14-10-2-3-11-12(8-10)18-13(17-11)16-4-1-6-19-7-5-15-9-19/h2-3,5,7-9H,1,4,6H2,(H2,16,17,18). The van der Waals surface area contributed by atoms with Crippen LogP contribution in [0.1, 0.15) is 6.42 Å². The Morgan fingerprint density at radius 2 is 2.32 bits per heavy atom. The molecule has 5 nitrogen and oxygen atoms in total. The predicted octanol–water partition coefficient (Wildman–Crippen LogP) is 2.92. The summed E-state index contributed by atoms with van der Waals surface area (Å²) >= 11 is 5.93. The van der Waals surface area contributed by atoms with Crippen LogP contribution in [0.25, 0.3) is 11.0 Å². The van der Waals surface area contributed by atoms with Gasteiger partial charge in [0.1, 0.15) is 0 Å². The second-order valence-electron chi connectivity index (χ2n) is 4.33. The van der Waals surface area contributed by atoms with Gasteiger partial charge >= 0.3 is 0 Å². The average Bonchev–Trinajstić information content (AvgIpc) is 3.02. The molecule has 0 aliphatic heterocycles. The number of imidazole rings is 2. The molecule has 2 N–H and O–H groups in total. The average molecular weight is 276 g/mol. The van der Waals surface area contributed by atoms with Crippen LogP contribution in [0.2, 0.25) is 5.02 Å². The maximum absolute atomic E-state index is 5.93. The molecule has 0 aliphatic rings.